The fraction of sp³-hybridized carbons (Fsp3) is 0.600. The molecule has 1 saturated heterocycles. The molecular weight excluding hydrogens is 316 g/mol. The van der Waals surface area contributed by atoms with E-state index in [2.05, 4.69) is 24.8 Å². The lowest BCUT2D eigenvalue weighted by atomic mass is 9.63. The Bertz CT molecular complexity index is 638. The molecule has 0 aromatic rings. The van der Waals surface area contributed by atoms with Crippen LogP contribution in [0.4, 0.5) is 4.79 Å². The van der Waals surface area contributed by atoms with E-state index in [0.29, 0.717) is 31.5 Å². The van der Waals surface area contributed by atoms with Crippen molar-refractivity contribution in [3.63, 3.8) is 0 Å². The number of hydrogen-bond acceptors (Lipinski definition) is 6. The molecule has 0 saturated carbocycles. The minimum absolute atomic E-state index is 0.286. The highest BCUT2D eigenvalue weighted by Gasteiger charge is 2.54. The van der Waals surface area contributed by atoms with Crippen molar-refractivity contribution in [3.8, 4) is 12.1 Å². The maximum Gasteiger partial charge on any atom is 0.409 e. The Morgan fingerprint density at radius 1 is 1.43 bits per heavy atom. The maximum atomic E-state index is 12.4. The standard InChI is InChI=1S/C15H18N4O3S/c1-3-22-14(21)19-6-4-15(5-7-19)10(8-16)12(20)18(2)13(23)11(15)9-17/h10,23H,3-7H2,1-2H3/t10-/m0/s1. The summed E-state index contributed by atoms with van der Waals surface area (Å²) < 4.78 is 4.98. The summed E-state index contributed by atoms with van der Waals surface area (Å²) in [7, 11) is 1.51. The molecule has 2 amide bonds. The van der Waals surface area contributed by atoms with Gasteiger partial charge in [0.15, 0.2) is 0 Å². The van der Waals surface area contributed by atoms with E-state index < -0.39 is 17.4 Å². The monoisotopic (exact) mass is 334 g/mol. The highest BCUT2D eigenvalue weighted by atomic mass is 32.1. The van der Waals surface area contributed by atoms with Crippen LogP contribution in [0.5, 0.6) is 0 Å². The fourth-order valence-electron chi connectivity index (χ4n) is 3.25. The molecule has 2 aliphatic rings. The molecule has 8 heteroatoms. The van der Waals surface area contributed by atoms with Crippen LogP contribution in [0.2, 0.25) is 0 Å². The van der Waals surface area contributed by atoms with E-state index >= 15 is 0 Å². The Kier molecular flexibility index (Phi) is 4.86. The quantitative estimate of drug-likeness (QED) is 0.733. The van der Waals surface area contributed by atoms with Crippen LogP contribution >= 0.6 is 12.6 Å². The molecule has 0 aromatic carbocycles. The Morgan fingerprint density at radius 3 is 2.52 bits per heavy atom. The van der Waals surface area contributed by atoms with Crippen LogP contribution in [0, 0.1) is 34.0 Å². The van der Waals surface area contributed by atoms with Gasteiger partial charge in [-0.3, -0.25) is 4.79 Å². The largest absolute Gasteiger partial charge is 0.450 e. The molecule has 7 nitrogen and oxygen atoms in total. The average Bonchev–Trinajstić information content (AvgIpc) is 2.55. The molecule has 0 radical (unpaired) electrons. The van der Waals surface area contributed by atoms with Gasteiger partial charge in [0.1, 0.15) is 5.92 Å². The normalized spacial score (nSPS) is 23.5. The van der Waals surface area contributed by atoms with E-state index in [9.17, 15) is 20.1 Å². The number of allylic oxidation sites excluding steroid dienone is 1. The van der Waals surface area contributed by atoms with Crippen LogP contribution in [0.1, 0.15) is 19.8 Å². The third-order valence-electron chi connectivity index (χ3n) is 4.59. The van der Waals surface area contributed by atoms with E-state index in [0.717, 1.165) is 0 Å². The SMILES string of the molecule is CCOC(=O)N1CCC2(CC1)C(C#N)=C(S)N(C)C(=O)[C@@H]2C#N. The summed E-state index contributed by atoms with van der Waals surface area (Å²) in [5.41, 5.74) is -0.536. The van der Waals surface area contributed by atoms with Crippen LogP contribution in [0.25, 0.3) is 0 Å². The molecular formula is C15H18N4O3S. The number of hydrogen-bond donors (Lipinski definition) is 1. The molecule has 0 aliphatic carbocycles. The van der Waals surface area contributed by atoms with Gasteiger partial charge in [0, 0.05) is 25.6 Å². The minimum Gasteiger partial charge on any atom is -0.450 e. The van der Waals surface area contributed by atoms with Crippen molar-refractivity contribution < 1.29 is 14.3 Å². The molecule has 2 rings (SSSR count). The predicted molar refractivity (Wildman–Crippen MR) is 83.8 cm³/mol. The summed E-state index contributed by atoms with van der Waals surface area (Å²) >= 11 is 4.30. The van der Waals surface area contributed by atoms with E-state index in [1.54, 1.807) is 11.8 Å². The molecule has 2 aliphatic heterocycles. The molecule has 2 heterocycles. The number of ether oxygens (including phenoxy) is 1. The first-order chi connectivity index (χ1) is 10.9. The Labute approximate surface area is 140 Å². The lowest BCUT2D eigenvalue weighted by molar-refractivity contribution is -0.135. The number of nitrogens with zero attached hydrogens (tertiary/aromatic N) is 4. The van der Waals surface area contributed by atoms with Crippen LogP contribution < -0.4 is 0 Å². The van der Waals surface area contributed by atoms with E-state index in [-0.39, 0.29) is 17.5 Å². The molecule has 23 heavy (non-hydrogen) atoms. The predicted octanol–water partition coefficient (Wildman–Crippen LogP) is 1.50. The number of carbonyl (C=O) groups excluding carboxylic acids is 2. The van der Waals surface area contributed by atoms with Gasteiger partial charge in [-0.1, -0.05) is 0 Å². The Balaban J connectivity index is 2.36. The first-order valence-corrected chi connectivity index (χ1v) is 7.80. The van der Waals surface area contributed by atoms with Gasteiger partial charge < -0.3 is 14.5 Å². The van der Waals surface area contributed by atoms with Crippen molar-refractivity contribution in [1.82, 2.24) is 9.80 Å². The maximum absolute atomic E-state index is 12.4. The zero-order valence-electron chi connectivity index (χ0n) is 13.1. The van der Waals surface area contributed by atoms with Gasteiger partial charge in [0.2, 0.25) is 5.91 Å². The number of thiol groups is 1. The highest BCUT2D eigenvalue weighted by molar-refractivity contribution is 7.84. The summed E-state index contributed by atoms with van der Waals surface area (Å²) in [6.07, 6.45) is 0.302. The first-order valence-electron chi connectivity index (χ1n) is 7.35. The number of piperidine rings is 1. The molecule has 0 aromatic heterocycles. The zero-order valence-corrected chi connectivity index (χ0v) is 14.0. The lowest BCUT2D eigenvalue weighted by Crippen LogP contribution is -2.53. The van der Waals surface area contributed by atoms with Gasteiger partial charge in [-0.15, -0.1) is 12.6 Å². The second kappa shape index (κ2) is 6.51. The second-order valence-corrected chi connectivity index (χ2v) is 6.04. The number of likely N-dealkylation sites (tertiary alicyclic amines) is 1. The van der Waals surface area contributed by atoms with Crippen LogP contribution in [-0.4, -0.2) is 48.5 Å². The summed E-state index contributed by atoms with van der Waals surface area (Å²) in [5.74, 6) is -1.30. The van der Waals surface area contributed by atoms with Gasteiger partial charge in [-0.25, -0.2) is 4.79 Å². The molecule has 0 bridgehead atoms. The van der Waals surface area contributed by atoms with Crippen molar-refractivity contribution in [1.29, 1.82) is 10.5 Å². The van der Waals surface area contributed by atoms with Crippen LogP contribution in [0.3, 0.4) is 0 Å². The fourth-order valence-corrected chi connectivity index (χ4v) is 3.62. The Morgan fingerprint density at radius 2 is 2.04 bits per heavy atom. The number of carbonyl (C=O) groups is 2. The van der Waals surface area contributed by atoms with Gasteiger partial charge in [0.25, 0.3) is 0 Å². The lowest BCUT2D eigenvalue weighted by Gasteiger charge is -2.47. The van der Waals surface area contributed by atoms with Crippen molar-refractivity contribution in [2.75, 3.05) is 26.7 Å². The average molecular weight is 334 g/mol. The summed E-state index contributed by atoms with van der Waals surface area (Å²) in [6.45, 7) is 2.68. The molecule has 1 fully saturated rings. The number of rotatable bonds is 1. The van der Waals surface area contributed by atoms with Crippen molar-refractivity contribution in [3.05, 3.63) is 10.6 Å². The third kappa shape index (κ3) is 2.64. The highest BCUT2D eigenvalue weighted by Crippen LogP contribution is 2.50. The summed E-state index contributed by atoms with van der Waals surface area (Å²) in [4.78, 5) is 27.0. The van der Waals surface area contributed by atoms with E-state index in [1.807, 2.05) is 0 Å². The van der Waals surface area contributed by atoms with E-state index in [4.69, 9.17) is 4.74 Å². The van der Waals surface area contributed by atoms with Crippen molar-refractivity contribution in [2.24, 2.45) is 11.3 Å². The van der Waals surface area contributed by atoms with Gasteiger partial charge >= 0.3 is 6.09 Å². The molecule has 1 atom stereocenters. The summed E-state index contributed by atoms with van der Waals surface area (Å²) in [6, 6.07) is 4.18. The van der Waals surface area contributed by atoms with Gasteiger partial charge in [-0.05, 0) is 19.8 Å². The van der Waals surface area contributed by atoms with Crippen molar-refractivity contribution >= 4 is 24.6 Å². The molecule has 0 N–H and O–H groups in total. The third-order valence-corrected chi connectivity index (χ3v) is 5.12. The summed E-state index contributed by atoms with van der Waals surface area (Å²) in [5, 5.41) is 19.3. The second-order valence-electron chi connectivity index (χ2n) is 5.61. The zero-order chi connectivity index (χ0) is 17.2. The van der Waals surface area contributed by atoms with E-state index in [1.165, 1.54) is 11.9 Å². The number of nitriles is 2. The minimum atomic E-state index is -0.942. The van der Waals surface area contributed by atoms with Crippen molar-refractivity contribution in [2.45, 2.75) is 19.8 Å². The van der Waals surface area contributed by atoms with Gasteiger partial charge in [-0.2, -0.15) is 10.5 Å². The molecule has 1 spiro atoms. The first kappa shape index (κ1) is 17.2. The van der Waals surface area contributed by atoms with Crippen LogP contribution in [0.15, 0.2) is 10.6 Å². The molecule has 0 unspecified atom stereocenters. The van der Waals surface area contributed by atoms with Crippen LogP contribution in [-0.2, 0) is 9.53 Å². The number of amides is 2. The molecule has 122 valence electrons. The Hall–Kier alpha value is -2.19. The smallest absolute Gasteiger partial charge is 0.409 e. The topological polar surface area (TPSA) is 97.4 Å². The van der Waals surface area contributed by atoms with Gasteiger partial charge in [0.05, 0.1) is 29.3 Å².